The number of fused-ring (bicyclic) bond motifs is 1. The molecule has 2 aromatic rings. The highest BCUT2D eigenvalue weighted by Gasteiger charge is 2.54. The summed E-state index contributed by atoms with van der Waals surface area (Å²) in [6, 6.07) is 23.4. The summed E-state index contributed by atoms with van der Waals surface area (Å²) in [5.74, 6) is 3.58. The molecule has 142 valence electrons. The van der Waals surface area contributed by atoms with E-state index in [-0.39, 0.29) is 5.41 Å². The van der Waals surface area contributed by atoms with Crippen molar-refractivity contribution < 1.29 is 0 Å². The average Bonchev–Trinajstić information content (AvgIpc) is 3.42. The summed E-state index contributed by atoms with van der Waals surface area (Å²) >= 11 is 0. The van der Waals surface area contributed by atoms with Crippen molar-refractivity contribution in [3.63, 3.8) is 0 Å². The zero-order valence-corrected chi connectivity index (χ0v) is 16.7. The van der Waals surface area contributed by atoms with Crippen LogP contribution in [0.25, 0.3) is 0 Å². The molecule has 3 saturated carbocycles. The maximum absolute atomic E-state index is 2.46. The standard InChI is InChI=1S/C27H34/c1-3-12-22(13-4-1)27(24-16-8-9-17-24,23-14-5-2-6-15-23)26-20-19-21-11-7-10-18-25(21)26/h1-6,12-15,21,24-26H,7-11,16-20H2. The van der Waals surface area contributed by atoms with Gasteiger partial charge in [-0.05, 0) is 66.9 Å². The fourth-order valence-electron chi connectivity index (χ4n) is 7.48. The third-order valence-electron chi connectivity index (χ3n) is 8.42. The lowest BCUT2D eigenvalue weighted by atomic mass is 9.54. The van der Waals surface area contributed by atoms with Crippen molar-refractivity contribution in [2.24, 2.45) is 23.7 Å². The van der Waals surface area contributed by atoms with E-state index in [2.05, 4.69) is 60.7 Å². The lowest BCUT2D eigenvalue weighted by Gasteiger charge is -2.49. The normalized spacial score (nSPS) is 29.0. The van der Waals surface area contributed by atoms with Crippen molar-refractivity contribution in [2.75, 3.05) is 0 Å². The van der Waals surface area contributed by atoms with Gasteiger partial charge in [-0.3, -0.25) is 0 Å². The second kappa shape index (κ2) is 7.46. The van der Waals surface area contributed by atoms with Crippen molar-refractivity contribution >= 4 is 0 Å². The summed E-state index contributed by atoms with van der Waals surface area (Å²) in [5.41, 5.74) is 3.45. The molecule has 5 rings (SSSR count). The summed E-state index contributed by atoms with van der Waals surface area (Å²) in [5, 5.41) is 0. The second-order valence-corrected chi connectivity index (χ2v) is 9.47. The van der Waals surface area contributed by atoms with Crippen LogP contribution in [0.3, 0.4) is 0 Å². The first-order valence-corrected chi connectivity index (χ1v) is 11.5. The maximum Gasteiger partial charge on any atom is 0.0261 e. The van der Waals surface area contributed by atoms with Gasteiger partial charge in [0, 0.05) is 5.41 Å². The number of rotatable bonds is 4. The lowest BCUT2D eigenvalue weighted by molar-refractivity contribution is 0.129. The van der Waals surface area contributed by atoms with Crippen LogP contribution >= 0.6 is 0 Å². The van der Waals surface area contributed by atoms with Crippen LogP contribution in [-0.2, 0) is 5.41 Å². The van der Waals surface area contributed by atoms with Gasteiger partial charge in [0.25, 0.3) is 0 Å². The van der Waals surface area contributed by atoms with Crippen LogP contribution in [0.5, 0.6) is 0 Å². The molecule has 3 unspecified atom stereocenters. The molecule has 0 nitrogen and oxygen atoms in total. The molecule has 27 heavy (non-hydrogen) atoms. The minimum Gasteiger partial charge on any atom is -0.0622 e. The molecule has 3 aliphatic carbocycles. The van der Waals surface area contributed by atoms with E-state index in [0.717, 1.165) is 23.7 Å². The molecule has 0 amide bonds. The van der Waals surface area contributed by atoms with Gasteiger partial charge in [-0.25, -0.2) is 0 Å². The predicted molar refractivity (Wildman–Crippen MR) is 114 cm³/mol. The Morgan fingerprint density at radius 3 is 1.74 bits per heavy atom. The molecule has 3 fully saturated rings. The number of benzene rings is 2. The van der Waals surface area contributed by atoms with E-state index in [1.54, 1.807) is 11.1 Å². The van der Waals surface area contributed by atoms with Crippen molar-refractivity contribution in [3.05, 3.63) is 71.8 Å². The zero-order chi connectivity index (χ0) is 18.1. The van der Waals surface area contributed by atoms with Crippen molar-refractivity contribution in [3.8, 4) is 0 Å². The van der Waals surface area contributed by atoms with Gasteiger partial charge < -0.3 is 0 Å². The maximum atomic E-state index is 2.46. The van der Waals surface area contributed by atoms with Gasteiger partial charge in [0.2, 0.25) is 0 Å². The third-order valence-corrected chi connectivity index (χ3v) is 8.42. The number of hydrogen-bond donors (Lipinski definition) is 0. The molecule has 0 aliphatic heterocycles. The zero-order valence-electron chi connectivity index (χ0n) is 16.7. The van der Waals surface area contributed by atoms with Gasteiger partial charge in [0.05, 0.1) is 0 Å². The summed E-state index contributed by atoms with van der Waals surface area (Å²) in [6.07, 6.45) is 14.5. The van der Waals surface area contributed by atoms with Gasteiger partial charge in [-0.15, -0.1) is 0 Å². The van der Waals surface area contributed by atoms with Crippen LogP contribution in [0.1, 0.15) is 75.3 Å². The second-order valence-electron chi connectivity index (χ2n) is 9.47. The summed E-state index contributed by atoms with van der Waals surface area (Å²) in [4.78, 5) is 0. The number of hydrogen-bond acceptors (Lipinski definition) is 0. The minimum atomic E-state index is 0.232. The van der Waals surface area contributed by atoms with Gasteiger partial charge in [-0.2, -0.15) is 0 Å². The molecule has 3 aliphatic rings. The molecule has 0 heteroatoms. The van der Waals surface area contributed by atoms with Crippen LogP contribution < -0.4 is 0 Å². The molecule has 0 aromatic heterocycles. The van der Waals surface area contributed by atoms with Crippen LogP contribution in [0, 0.1) is 23.7 Å². The Morgan fingerprint density at radius 2 is 1.11 bits per heavy atom. The van der Waals surface area contributed by atoms with Crippen molar-refractivity contribution in [2.45, 2.75) is 69.6 Å². The molecule has 0 N–H and O–H groups in total. The van der Waals surface area contributed by atoms with E-state index in [4.69, 9.17) is 0 Å². The van der Waals surface area contributed by atoms with Gasteiger partial charge >= 0.3 is 0 Å². The van der Waals surface area contributed by atoms with Crippen LogP contribution in [0.15, 0.2) is 60.7 Å². The smallest absolute Gasteiger partial charge is 0.0261 e. The first kappa shape index (κ1) is 17.5. The Hall–Kier alpha value is -1.56. The molecule has 0 heterocycles. The van der Waals surface area contributed by atoms with Crippen LogP contribution in [0.4, 0.5) is 0 Å². The molecule has 0 saturated heterocycles. The SMILES string of the molecule is c1ccc(C(c2ccccc2)(C2CCCC2)C2CCC3CCCCC32)cc1. The summed E-state index contributed by atoms with van der Waals surface area (Å²) < 4.78 is 0. The fourth-order valence-corrected chi connectivity index (χ4v) is 7.48. The molecule has 0 spiro atoms. The molecular weight excluding hydrogens is 324 g/mol. The van der Waals surface area contributed by atoms with Gasteiger partial charge in [-0.1, -0.05) is 92.8 Å². The Bertz CT molecular complexity index is 686. The van der Waals surface area contributed by atoms with Crippen LogP contribution in [-0.4, -0.2) is 0 Å². The van der Waals surface area contributed by atoms with E-state index < -0.39 is 0 Å². The monoisotopic (exact) mass is 358 g/mol. The van der Waals surface area contributed by atoms with E-state index >= 15 is 0 Å². The van der Waals surface area contributed by atoms with Crippen molar-refractivity contribution in [1.82, 2.24) is 0 Å². The Morgan fingerprint density at radius 1 is 0.556 bits per heavy atom. The van der Waals surface area contributed by atoms with E-state index in [1.165, 1.54) is 64.2 Å². The van der Waals surface area contributed by atoms with Gasteiger partial charge in [0.1, 0.15) is 0 Å². The van der Waals surface area contributed by atoms with E-state index in [9.17, 15) is 0 Å². The van der Waals surface area contributed by atoms with E-state index in [0.29, 0.717) is 0 Å². The van der Waals surface area contributed by atoms with Crippen molar-refractivity contribution in [1.29, 1.82) is 0 Å². The predicted octanol–water partition coefficient (Wildman–Crippen LogP) is 7.38. The lowest BCUT2D eigenvalue weighted by Crippen LogP contribution is -2.45. The summed E-state index contributed by atoms with van der Waals surface area (Å²) in [7, 11) is 0. The fraction of sp³-hybridized carbons (Fsp3) is 0.556. The molecule has 0 bridgehead atoms. The third kappa shape index (κ3) is 2.87. The van der Waals surface area contributed by atoms with Gasteiger partial charge in [0.15, 0.2) is 0 Å². The largest absolute Gasteiger partial charge is 0.0622 e. The minimum absolute atomic E-state index is 0.232. The topological polar surface area (TPSA) is 0 Å². The highest BCUT2D eigenvalue weighted by Crippen LogP contribution is 2.60. The quantitative estimate of drug-likeness (QED) is 0.535. The van der Waals surface area contributed by atoms with Crippen LogP contribution in [0.2, 0.25) is 0 Å². The highest BCUT2D eigenvalue weighted by molar-refractivity contribution is 5.42. The summed E-state index contributed by atoms with van der Waals surface area (Å²) in [6.45, 7) is 0. The molecular formula is C27H34. The Labute approximate surface area is 165 Å². The first-order chi connectivity index (χ1) is 13.4. The highest BCUT2D eigenvalue weighted by atomic mass is 14.6. The average molecular weight is 359 g/mol. The molecule has 3 atom stereocenters. The first-order valence-electron chi connectivity index (χ1n) is 11.5. The molecule has 0 radical (unpaired) electrons. The Balaban J connectivity index is 1.70. The van der Waals surface area contributed by atoms with E-state index in [1.807, 2.05) is 0 Å². The molecule has 2 aromatic carbocycles. The Kier molecular flexibility index (Phi) is 4.84.